The average Bonchev–Trinajstić information content (AvgIpc) is 3.28. The van der Waals surface area contributed by atoms with Gasteiger partial charge < -0.3 is 20.1 Å². The predicted octanol–water partition coefficient (Wildman–Crippen LogP) is 3.15. The number of nitrogens with zero attached hydrogens (tertiary/aromatic N) is 4. The van der Waals surface area contributed by atoms with Crippen molar-refractivity contribution in [2.45, 2.75) is 18.9 Å². The second-order valence-electron chi connectivity index (χ2n) is 7.16. The van der Waals surface area contributed by atoms with Crippen LogP contribution in [-0.2, 0) is 0 Å². The summed E-state index contributed by atoms with van der Waals surface area (Å²) in [6, 6.07) is 12.4. The van der Waals surface area contributed by atoms with Gasteiger partial charge in [-0.25, -0.2) is 14.8 Å². The highest BCUT2D eigenvalue weighted by Crippen LogP contribution is 2.24. The van der Waals surface area contributed by atoms with Crippen LogP contribution in [0.1, 0.15) is 12.8 Å². The zero-order valence-electron chi connectivity index (χ0n) is 17.2. The van der Waals surface area contributed by atoms with Gasteiger partial charge >= 0.3 is 6.03 Å². The van der Waals surface area contributed by atoms with Crippen LogP contribution in [0.4, 0.5) is 22.2 Å². The molecular weight excluding hydrogens is 396 g/mol. The second-order valence-corrected chi connectivity index (χ2v) is 7.16. The first-order valence-electron chi connectivity index (χ1n) is 10.1. The number of anilines is 3. The molecule has 3 aromatic rings. The van der Waals surface area contributed by atoms with E-state index >= 15 is 0 Å². The highest BCUT2D eigenvalue weighted by molar-refractivity contribution is 5.99. The summed E-state index contributed by atoms with van der Waals surface area (Å²) in [5.74, 6) is 1.44. The number of urea groups is 1. The minimum absolute atomic E-state index is 0.0132. The van der Waals surface area contributed by atoms with Crippen LogP contribution < -0.4 is 20.3 Å². The minimum atomic E-state index is -0.408. The monoisotopic (exact) mass is 420 g/mol. The van der Waals surface area contributed by atoms with Crippen LogP contribution in [0.3, 0.4) is 0 Å². The van der Waals surface area contributed by atoms with E-state index < -0.39 is 6.03 Å². The first-order chi connectivity index (χ1) is 15.2. The number of aliphatic hydroxyl groups excluding tert-OH is 1. The molecule has 9 heteroatoms. The van der Waals surface area contributed by atoms with Crippen molar-refractivity contribution in [1.29, 1.82) is 0 Å². The Bertz CT molecular complexity index is 1040. The summed E-state index contributed by atoms with van der Waals surface area (Å²) < 4.78 is 5.09. The molecule has 3 N–H and O–H groups in total. The Hall–Kier alpha value is -3.72. The van der Waals surface area contributed by atoms with Gasteiger partial charge in [-0.2, -0.15) is 4.98 Å². The quantitative estimate of drug-likeness (QED) is 0.561. The first kappa shape index (κ1) is 20.5. The van der Waals surface area contributed by atoms with Crippen LogP contribution in [-0.4, -0.2) is 52.4 Å². The molecule has 1 saturated heterocycles. The number of methoxy groups -OCH3 is 1. The maximum absolute atomic E-state index is 12.5. The van der Waals surface area contributed by atoms with E-state index in [1.165, 1.54) is 0 Å². The standard InChI is InChI=1S/C22H24N6O3/c1-31-20-8-7-16(13-24-20)15-4-2-5-17(12-15)25-22(30)27-19-9-10-23-21(26-19)28-11-3-6-18(28)14-29/h2,4-5,7-10,12-13,18,29H,3,6,11,14H2,1H3,(H2,23,25,26,27,30)/t18-/m0/s1. The Labute approximate surface area is 180 Å². The zero-order chi connectivity index (χ0) is 21.6. The molecule has 0 radical (unpaired) electrons. The average molecular weight is 420 g/mol. The summed E-state index contributed by atoms with van der Waals surface area (Å²) in [5.41, 5.74) is 2.47. The molecule has 0 aliphatic carbocycles. The lowest BCUT2D eigenvalue weighted by Gasteiger charge is -2.23. The number of aromatic nitrogens is 3. The van der Waals surface area contributed by atoms with Crippen LogP contribution >= 0.6 is 0 Å². The number of nitrogens with one attached hydrogen (secondary N) is 2. The van der Waals surface area contributed by atoms with Crippen molar-refractivity contribution in [3.8, 4) is 17.0 Å². The molecule has 1 aliphatic rings. The van der Waals surface area contributed by atoms with Crippen molar-refractivity contribution in [3.05, 3.63) is 54.9 Å². The third kappa shape index (κ3) is 4.89. The number of carbonyl (C=O) groups excluding carboxylic acids is 1. The molecule has 0 unspecified atom stereocenters. The van der Waals surface area contributed by atoms with Crippen LogP contribution in [0, 0.1) is 0 Å². The van der Waals surface area contributed by atoms with Crippen molar-refractivity contribution < 1.29 is 14.6 Å². The number of rotatable bonds is 6. The molecule has 0 bridgehead atoms. The van der Waals surface area contributed by atoms with Crippen LogP contribution in [0.2, 0.25) is 0 Å². The lowest BCUT2D eigenvalue weighted by molar-refractivity contribution is 0.262. The number of benzene rings is 1. The Balaban J connectivity index is 1.43. The third-order valence-corrected chi connectivity index (χ3v) is 5.13. The summed E-state index contributed by atoms with van der Waals surface area (Å²) in [7, 11) is 1.57. The summed E-state index contributed by atoms with van der Waals surface area (Å²) in [5, 5.41) is 15.1. The van der Waals surface area contributed by atoms with E-state index in [4.69, 9.17) is 4.74 Å². The maximum Gasteiger partial charge on any atom is 0.324 e. The van der Waals surface area contributed by atoms with Crippen molar-refractivity contribution in [1.82, 2.24) is 15.0 Å². The van der Waals surface area contributed by atoms with Crippen LogP contribution in [0.25, 0.3) is 11.1 Å². The molecule has 2 aromatic heterocycles. The van der Waals surface area contributed by atoms with E-state index in [1.54, 1.807) is 31.6 Å². The number of amides is 2. The van der Waals surface area contributed by atoms with E-state index in [0.29, 0.717) is 23.3 Å². The summed E-state index contributed by atoms with van der Waals surface area (Å²) in [6.07, 6.45) is 5.20. The number of ether oxygens (including phenoxy) is 1. The topological polar surface area (TPSA) is 112 Å². The Morgan fingerprint density at radius 3 is 2.87 bits per heavy atom. The SMILES string of the molecule is COc1ccc(-c2cccc(NC(=O)Nc3ccnc(N4CCC[C@H]4CO)n3)c2)cn1. The summed E-state index contributed by atoms with van der Waals surface area (Å²) in [6.45, 7) is 0.843. The van der Waals surface area contributed by atoms with Crippen molar-refractivity contribution in [2.24, 2.45) is 0 Å². The first-order valence-corrected chi connectivity index (χ1v) is 10.1. The molecule has 9 nitrogen and oxygen atoms in total. The predicted molar refractivity (Wildman–Crippen MR) is 118 cm³/mol. The van der Waals surface area contributed by atoms with Gasteiger partial charge in [0, 0.05) is 36.3 Å². The Morgan fingerprint density at radius 1 is 1.19 bits per heavy atom. The molecule has 1 fully saturated rings. The minimum Gasteiger partial charge on any atom is -0.481 e. The highest BCUT2D eigenvalue weighted by atomic mass is 16.5. The van der Waals surface area contributed by atoms with E-state index in [1.807, 2.05) is 35.2 Å². The summed E-state index contributed by atoms with van der Waals surface area (Å²) >= 11 is 0. The molecule has 2 amide bonds. The zero-order valence-corrected chi connectivity index (χ0v) is 17.2. The van der Waals surface area contributed by atoms with Crippen molar-refractivity contribution in [3.63, 3.8) is 0 Å². The number of aliphatic hydroxyl groups is 1. The lowest BCUT2D eigenvalue weighted by atomic mass is 10.1. The number of hydrogen-bond donors (Lipinski definition) is 3. The molecule has 0 saturated carbocycles. The molecule has 1 aromatic carbocycles. The number of hydrogen-bond acceptors (Lipinski definition) is 7. The smallest absolute Gasteiger partial charge is 0.324 e. The molecule has 4 rings (SSSR count). The Kier molecular flexibility index (Phi) is 6.23. The van der Waals surface area contributed by atoms with Gasteiger partial charge in [0.1, 0.15) is 5.82 Å². The van der Waals surface area contributed by atoms with Gasteiger partial charge in [0.2, 0.25) is 11.8 Å². The molecule has 1 atom stereocenters. The third-order valence-electron chi connectivity index (χ3n) is 5.13. The highest BCUT2D eigenvalue weighted by Gasteiger charge is 2.26. The van der Waals surface area contributed by atoms with Crippen LogP contribution in [0.5, 0.6) is 5.88 Å². The van der Waals surface area contributed by atoms with Crippen molar-refractivity contribution in [2.75, 3.05) is 35.8 Å². The van der Waals surface area contributed by atoms with E-state index in [2.05, 4.69) is 25.6 Å². The fourth-order valence-electron chi connectivity index (χ4n) is 3.57. The van der Waals surface area contributed by atoms with Gasteiger partial charge in [-0.15, -0.1) is 0 Å². The van der Waals surface area contributed by atoms with Gasteiger partial charge in [-0.1, -0.05) is 12.1 Å². The maximum atomic E-state index is 12.5. The molecule has 0 spiro atoms. The Morgan fingerprint density at radius 2 is 2.10 bits per heavy atom. The fraction of sp³-hybridized carbons (Fsp3) is 0.273. The molecule has 3 heterocycles. The van der Waals surface area contributed by atoms with Crippen LogP contribution in [0.15, 0.2) is 54.9 Å². The molecule has 31 heavy (non-hydrogen) atoms. The van der Waals surface area contributed by atoms with E-state index in [0.717, 1.165) is 30.5 Å². The molecule has 1 aliphatic heterocycles. The van der Waals surface area contributed by atoms with Crippen molar-refractivity contribution >= 4 is 23.5 Å². The van der Waals surface area contributed by atoms with E-state index in [-0.39, 0.29) is 12.6 Å². The van der Waals surface area contributed by atoms with Gasteiger partial charge in [0.25, 0.3) is 0 Å². The number of pyridine rings is 1. The van der Waals surface area contributed by atoms with Gasteiger partial charge in [0.15, 0.2) is 0 Å². The molecule has 160 valence electrons. The van der Waals surface area contributed by atoms with Gasteiger partial charge in [-0.3, -0.25) is 5.32 Å². The van der Waals surface area contributed by atoms with E-state index in [9.17, 15) is 9.90 Å². The number of carbonyl (C=O) groups is 1. The molecular formula is C22H24N6O3. The largest absolute Gasteiger partial charge is 0.481 e. The van der Waals surface area contributed by atoms with Gasteiger partial charge in [0.05, 0.1) is 19.8 Å². The second kappa shape index (κ2) is 9.40. The summed E-state index contributed by atoms with van der Waals surface area (Å²) in [4.78, 5) is 27.4. The lowest BCUT2D eigenvalue weighted by Crippen LogP contribution is -2.33. The van der Waals surface area contributed by atoms with Gasteiger partial charge in [-0.05, 0) is 42.7 Å². The normalized spacial score (nSPS) is 15.5. The fourth-order valence-corrected chi connectivity index (χ4v) is 3.57.